The molecule has 0 amide bonds. The average Bonchev–Trinajstić information content (AvgIpc) is 2.73. The topological polar surface area (TPSA) is 59.8 Å². The van der Waals surface area contributed by atoms with Crippen molar-refractivity contribution in [3.63, 3.8) is 0 Å². The highest BCUT2D eigenvalue weighted by Crippen LogP contribution is 2.10. The number of hydrogen-bond acceptors (Lipinski definition) is 5. The quantitative estimate of drug-likeness (QED) is 0.919. The van der Waals surface area contributed by atoms with Gasteiger partial charge >= 0.3 is 0 Å². The summed E-state index contributed by atoms with van der Waals surface area (Å²) in [4.78, 5) is 20.5. The highest BCUT2D eigenvalue weighted by molar-refractivity contribution is 7.09. The lowest BCUT2D eigenvalue weighted by Gasteiger charge is -2.10. The molecular formula is C12H16N4OS. The number of nitrogens with zero attached hydrogens (tertiary/aromatic N) is 3. The molecule has 0 radical (unpaired) electrons. The molecule has 2 aromatic rings. The fourth-order valence-corrected chi connectivity index (χ4v) is 2.31. The third-order valence-corrected chi connectivity index (χ3v) is 3.46. The Bertz CT molecular complexity index is 588. The molecule has 2 heterocycles. The summed E-state index contributed by atoms with van der Waals surface area (Å²) in [6.45, 7) is 6.42. The minimum absolute atomic E-state index is 0.0965. The second-order valence-corrected chi connectivity index (χ2v) is 5.26. The van der Waals surface area contributed by atoms with Crippen LogP contribution in [-0.2, 0) is 6.54 Å². The maximum Gasteiger partial charge on any atom is 0.293 e. The van der Waals surface area contributed by atoms with Crippen LogP contribution in [0, 0.1) is 6.92 Å². The molecule has 0 atom stereocenters. The molecule has 0 aliphatic heterocycles. The van der Waals surface area contributed by atoms with Gasteiger partial charge in [-0.15, -0.1) is 11.3 Å². The van der Waals surface area contributed by atoms with Crippen LogP contribution in [0.15, 0.2) is 22.6 Å². The van der Waals surface area contributed by atoms with Gasteiger partial charge in [-0.1, -0.05) is 0 Å². The fourth-order valence-electron chi connectivity index (χ4n) is 1.60. The molecule has 6 heteroatoms. The van der Waals surface area contributed by atoms with Gasteiger partial charge in [0.05, 0.1) is 6.54 Å². The zero-order chi connectivity index (χ0) is 13.1. The first-order valence-electron chi connectivity index (χ1n) is 5.80. The fraction of sp³-hybridized carbons (Fsp3) is 0.417. The van der Waals surface area contributed by atoms with Crippen molar-refractivity contribution in [3.8, 4) is 0 Å². The van der Waals surface area contributed by atoms with Gasteiger partial charge in [0.2, 0.25) is 0 Å². The van der Waals surface area contributed by atoms with Crippen molar-refractivity contribution in [2.75, 3.05) is 5.32 Å². The molecular weight excluding hydrogens is 248 g/mol. The number of nitrogens with one attached hydrogen (secondary N) is 1. The van der Waals surface area contributed by atoms with Crippen LogP contribution in [0.1, 0.15) is 30.6 Å². The Labute approximate surface area is 110 Å². The number of hydrogen-bond donors (Lipinski definition) is 1. The van der Waals surface area contributed by atoms with Gasteiger partial charge in [0.1, 0.15) is 5.01 Å². The first-order valence-corrected chi connectivity index (χ1v) is 6.68. The van der Waals surface area contributed by atoms with Crippen LogP contribution in [0.5, 0.6) is 0 Å². The van der Waals surface area contributed by atoms with Gasteiger partial charge in [0.15, 0.2) is 5.82 Å². The van der Waals surface area contributed by atoms with E-state index < -0.39 is 0 Å². The SMILES string of the molecule is Cc1csc(CNc2nccn(C(C)C)c2=O)n1. The van der Waals surface area contributed by atoms with Crippen molar-refractivity contribution in [2.45, 2.75) is 33.4 Å². The van der Waals surface area contributed by atoms with Gasteiger partial charge in [-0.2, -0.15) is 0 Å². The number of aryl methyl sites for hydroxylation is 1. The Morgan fingerprint density at radius 2 is 2.28 bits per heavy atom. The van der Waals surface area contributed by atoms with Gasteiger partial charge < -0.3 is 9.88 Å². The zero-order valence-corrected chi connectivity index (χ0v) is 11.5. The second-order valence-electron chi connectivity index (χ2n) is 4.32. The molecule has 0 saturated heterocycles. The average molecular weight is 264 g/mol. The van der Waals surface area contributed by atoms with Gasteiger partial charge in [-0.3, -0.25) is 4.79 Å². The molecule has 0 unspecified atom stereocenters. The third-order valence-electron chi connectivity index (χ3n) is 2.50. The predicted molar refractivity (Wildman–Crippen MR) is 73.1 cm³/mol. The first-order chi connectivity index (χ1) is 8.58. The molecule has 0 aliphatic carbocycles. The van der Waals surface area contributed by atoms with Crippen molar-refractivity contribution in [1.82, 2.24) is 14.5 Å². The minimum atomic E-state index is -0.0965. The molecule has 0 fully saturated rings. The smallest absolute Gasteiger partial charge is 0.293 e. The van der Waals surface area contributed by atoms with Crippen molar-refractivity contribution >= 4 is 17.2 Å². The summed E-state index contributed by atoms with van der Waals surface area (Å²) in [6.07, 6.45) is 3.34. The first kappa shape index (κ1) is 12.8. The van der Waals surface area contributed by atoms with Gasteiger partial charge in [0.25, 0.3) is 5.56 Å². The molecule has 96 valence electrons. The lowest BCUT2D eigenvalue weighted by atomic mass is 10.4. The third kappa shape index (κ3) is 2.76. The maximum absolute atomic E-state index is 12.1. The lowest BCUT2D eigenvalue weighted by Crippen LogP contribution is -2.25. The molecule has 5 nitrogen and oxygen atoms in total. The Morgan fingerprint density at radius 3 is 2.89 bits per heavy atom. The van der Waals surface area contributed by atoms with E-state index in [-0.39, 0.29) is 11.6 Å². The molecule has 0 saturated carbocycles. The van der Waals surface area contributed by atoms with Crippen molar-refractivity contribution < 1.29 is 0 Å². The summed E-state index contributed by atoms with van der Waals surface area (Å²) in [5.41, 5.74) is 0.901. The molecule has 0 bridgehead atoms. The van der Waals surface area contributed by atoms with Crippen molar-refractivity contribution in [3.05, 3.63) is 38.8 Å². The Kier molecular flexibility index (Phi) is 3.76. The summed E-state index contributed by atoms with van der Waals surface area (Å²) < 4.78 is 1.66. The molecule has 0 aromatic carbocycles. The number of thiazole rings is 1. The molecule has 0 spiro atoms. The standard InChI is InChI=1S/C12H16N4OS/c1-8(2)16-5-4-13-11(12(16)17)14-6-10-15-9(3)7-18-10/h4-5,7-8H,6H2,1-3H3,(H,13,14). The van der Waals surface area contributed by atoms with Gasteiger partial charge in [0, 0.05) is 29.5 Å². The predicted octanol–water partition coefficient (Wildman–Crippen LogP) is 2.20. The van der Waals surface area contributed by atoms with E-state index in [1.165, 1.54) is 0 Å². The van der Waals surface area contributed by atoms with Crippen LogP contribution >= 0.6 is 11.3 Å². The number of anilines is 1. The minimum Gasteiger partial charge on any atom is -0.359 e. The Hall–Kier alpha value is -1.69. The van der Waals surface area contributed by atoms with E-state index in [0.29, 0.717) is 12.4 Å². The summed E-state index contributed by atoms with van der Waals surface area (Å²) in [6, 6.07) is 0.128. The van der Waals surface area contributed by atoms with Crippen LogP contribution in [0.25, 0.3) is 0 Å². The zero-order valence-electron chi connectivity index (χ0n) is 10.7. The number of rotatable bonds is 4. The van der Waals surface area contributed by atoms with Crippen molar-refractivity contribution in [2.24, 2.45) is 0 Å². The Morgan fingerprint density at radius 1 is 1.50 bits per heavy atom. The van der Waals surface area contributed by atoms with Crippen molar-refractivity contribution in [1.29, 1.82) is 0 Å². The van der Waals surface area contributed by atoms with E-state index in [4.69, 9.17) is 0 Å². The monoisotopic (exact) mass is 264 g/mol. The van der Waals surface area contributed by atoms with Crippen LogP contribution < -0.4 is 10.9 Å². The summed E-state index contributed by atoms with van der Waals surface area (Å²) in [5.74, 6) is 0.374. The Balaban J connectivity index is 2.15. The van der Waals surface area contributed by atoms with Crippen LogP contribution in [0.3, 0.4) is 0 Å². The highest BCUT2D eigenvalue weighted by atomic mass is 32.1. The summed E-state index contributed by atoms with van der Waals surface area (Å²) >= 11 is 1.57. The molecule has 2 rings (SSSR count). The van der Waals surface area contributed by atoms with E-state index in [9.17, 15) is 4.79 Å². The molecule has 2 aromatic heterocycles. The van der Waals surface area contributed by atoms with Crippen LogP contribution in [0.2, 0.25) is 0 Å². The normalized spacial score (nSPS) is 10.9. The van der Waals surface area contributed by atoms with Gasteiger partial charge in [-0.05, 0) is 20.8 Å². The number of aromatic nitrogens is 3. The molecule has 0 aliphatic rings. The second kappa shape index (κ2) is 5.30. The molecule has 1 N–H and O–H groups in total. The van der Waals surface area contributed by atoms with Crippen LogP contribution in [-0.4, -0.2) is 14.5 Å². The molecule has 18 heavy (non-hydrogen) atoms. The van der Waals surface area contributed by atoms with E-state index in [1.807, 2.05) is 26.2 Å². The van der Waals surface area contributed by atoms with E-state index in [2.05, 4.69) is 15.3 Å². The van der Waals surface area contributed by atoms with E-state index >= 15 is 0 Å². The largest absolute Gasteiger partial charge is 0.359 e. The lowest BCUT2D eigenvalue weighted by molar-refractivity contribution is 0.575. The summed E-state index contributed by atoms with van der Waals surface area (Å²) in [7, 11) is 0. The van der Waals surface area contributed by atoms with Crippen LogP contribution in [0.4, 0.5) is 5.82 Å². The van der Waals surface area contributed by atoms with E-state index in [0.717, 1.165) is 10.7 Å². The maximum atomic E-state index is 12.1. The summed E-state index contributed by atoms with van der Waals surface area (Å²) in [5, 5.41) is 5.98. The van der Waals surface area contributed by atoms with E-state index in [1.54, 1.807) is 28.3 Å². The highest BCUT2D eigenvalue weighted by Gasteiger charge is 2.07. The van der Waals surface area contributed by atoms with Gasteiger partial charge in [-0.25, -0.2) is 9.97 Å².